The Labute approximate surface area is 497 Å². The highest BCUT2D eigenvalue weighted by molar-refractivity contribution is 7.86. The van der Waals surface area contributed by atoms with Gasteiger partial charge in [-0.1, -0.05) is 110 Å². The van der Waals surface area contributed by atoms with E-state index in [4.69, 9.17) is 32.7 Å². The molecule has 0 saturated carbocycles. The maximum Gasteiger partial charge on any atom is 0.411 e. The van der Waals surface area contributed by atoms with E-state index in [1.807, 2.05) is 84.9 Å². The molecule has 2 heterocycles. The Bertz CT molecular complexity index is 3190. The molecule has 4 aromatic rings. The number of esters is 2. The molecule has 1 N–H and O–H groups in total. The molecule has 4 atom stereocenters. The van der Waals surface area contributed by atoms with Crippen LogP contribution < -0.4 is 9.47 Å². The van der Waals surface area contributed by atoms with Crippen molar-refractivity contribution in [2.45, 2.75) is 89.9 Å². The molecule has 84 heavy (non-hydrogen) atoms. The van der Waals surface area contributed by atoms with Gasteiger partial charge in [-0.2, -0.15) is 8.42 Å². The number of ether oxygens (including phenoxy) is 6. The topological polar surface area (TPSA) is 228 Å². The summed E-state index contributed by atoms with van der Waals surface area (Å²) in [4.78, 5) is 57.3. The summed E-state index contributed by atoms with van der Waals surface area (Å²) >= 11 is 0. The summed E-state index contributed by atoms with van der Waals surface area (Å²) in [6, 6.07) is 25.8. The van der Waals surface area contributed by atoms with Crippen molar-refractivity contribution in [2.24, 2.45) is 10.3 Å². The fourth-order valence-electron chi connectivity index (χ4n) is 8.62. The number of amides is 2. The first-order valence-corrected chi connectivity index (χ1v) is 27.8. The van der Waals surface area contributed by atoms with E-state index in [1.165, 1.54) is 19.1 Å². The minimum absolute atomic E-state index is 0.0407. The van der Waals surface area contributed by atoms with E-state index in [2.05, 4.69) is 81.5 Å². The van der Waals surface area contributed by atoms with Crippen LogP contribution in [0.2, 0.25) is 0 Å². The van der Waals surface area contributed by atoms with E-state index in [1.54, 1.807) is 53.7 Å². The summed E-state index contributed by atoms with van der Waals surface area (Å²) in [5.74, 6) is 0.287. The zero-order chi connectivity index (χ0) is 63.0. The summed E-state index contributed by atoms with van der Waals surface area (Å²) in [6.07, 6.45) is 1.99. The van der Waals surface area contributed by atoms with Crippen molar-refractivity contribution < 1.29 is 70.2 Å². The molecule has 2 fully saturated rings. The second kappa shape index (κ2) is 33.0. The van der Waals surface area contributed by atoms with Crippen LogP contribution >= 0.6 is 0 Å². The lowest BCUT2D eigenvalue weighted by Crippen LogP contribution is -2.44. The van der Waals surface area contributed by atoms with E-state index in [0.717, 1.165) is 68.5 Å². The molecule has 0 bridgehead atoms. The molecule has 0 spiro atoms. The van der Waals surface area contributed by atoms with Gasteiger partial charge in [0.1, 0.15) is 65.5 Å². The number of fused-ring (bicyclic) bond motifs is 6. The van der Waals surface area contributed by atoms with Gasteiger partial charge in [-0.25, -0.2) is 19.2 Å². The highest BCUT2D eigenvalue weighted by Gasteiger charge is 2.45. The Morgan fingerprint density at radius 3 is 1.37 bits per heavy atom. The first-order valence-electron chi connectivity index (χ1n) is 26.0. The third-order valence-electron chi connectivity index (χ3n) is 11.6. The number of carbonyl (C=O) groups is 4. The molecule has 441 valence electrons. The van der Waals surface area contributed by atoms with Crippen molar-refractivity contribution in [3.05, 3.63) is 170 Å². The maximum absolute atomic E-state index is 12.7. The normalized spacial score (nSPS) is 17.4. The number of hydrogen-bond acceptors (Lipinski definition) is 17. The molecule has 2 saturated heterocycles. The van der Waals surface area contributed by atoms with Crippen LogP contribution in [0.1, 0.15) is 76.6 Å². The molecule has 8 rings (SSSR count). The van der Waals surface area contributed by atoms with Gasteiger partial charge in [0.2, 0.25) is 0 Å². The quantitative estimate of drug-likeness (QED) is 0.0176. The van der Waals surface area contributed by atoms with Crippen molar-refractivity contribution >= 4 is 68.2 Å². The molecular formula is C61H72B3N4O15S. The zero-order valence-corrected chi connectivity index (χ0v) is 49.9. The summed E-state index contributed by atoms with van der Waals surface area (Å²) in [5.41, 5.74) is 12.2. The highest BCUT2D eigenvalue weighted by atomic mass is 32.2. The average Bonchev–Trinajstić information content (AvgIpc) is 2.42. The number of hydrogen-bond donors (Lipinski definition) is 1. The summed E-state index contributed by atoms with van der Waals surface area (Å²) in [6.45, 7) is 31.2. The smallest absolute Gasteiger partial charge is 0.411 e. The van der Waals surface area contributed by atoms with E-state index in [9.17, 15) is 32.8 Å². The molecule has 23 heteroatoms. The lowest BCUT2D eigenvalue weighted by Gasteiger charge is -2.27. The van der Waals surface area contributed by atoms with Gasteiger partial charge in [-0.3, -0.25) is 14.0 Å². The Balaban J connectivity index is 0.000000324. The van der Waals surface area contributed by atoms with Crippen LogP contribution in [0, 0.1) is 0 Å². The second-order valence-electron chi connectivity index (χ2n) is 20.3. The van der Waals surface area contributed by atoms with Crippen LogP contribution in [0.3, 0.4) is 0 Å². The van der Waals surface area contributed by atoms with Gasteiger partial charge in [0.05, 0.1) is 39.7 Å². The predicted molar refractivity (Wildman–Crippen MR) is 326 cm³/mol. The molecule has 4 aromatic carbocycles. The Morgan fingerprint density at radius 2 is 1.00 bits per heavy atom. The minimum Gasteiger partial charge on any atom is -0.490 e. The van der Waals surface area contributed by atoms with Crippen LogP contribution in [0.25, 0.3) is 22.3 Å². The van der Waals surface area contributed by atoms with Crippen LogP contribution in [-0.4, -0.2) is 164 Å². The number of oxime groups is 2. The van der Waals surface area contributed by atoms with Crippen molar-refractivity contribution in [2.75, 3.05) is 46.8 Å². The van der Waals surface area contributed by atoms with Gasteiger partial charge in [-0.05, 0) is 100 Å². The molecule has 2 aliphatic carbocycles. The Hall–Kier alpha value is -8.48. The van der Waals surface area contributed by atoms with E-state index >= 15 is 0 Å². The molecule has 0 aromatic heterocycles. The fourth-order valence-corrected chi connectivity index (χ4v) is 9.26. The third-order valence-corrected chi connectivity index (χ3v) is 12.2. The van der Waals surface area contributed by atoms with Crippen LogP contribution in [0.15, 0.2) is 158 Å². The largest absolute Gasteiger partial charge is 0.490 e. The van der Waals surface area contributed by atoms with Crippen LogP contribution in [-0.2, 0) is 47.7 Å². The van der Waals surface area contributed by atoms with E-state index < -0.39 is 69.7 Å². The molecule has 19 nitrogen and oxygen atoms in total. The van der Waals surface area contributed by atoms with Gasteiger partial charge in [0.25, 0.3) is 10.1 Å². The maximum atomic E-state index is 12.7. The Morgan fingerprint density at radius 1 is 0.643 bits per heavy atom. The van der Waals surface area contributed by atoms with Crippen molar-refractivity contribution in [3.8, 4) is 33.8 Å². The van der Waals surface area contributed by atoms with E-state index in [-0.39, 0.29) is 25.9 Å². The number of carbonyl (C=O) groups excluding carboxylic acids is 4. The van der Waals surface area contributed by atoms with Crippen LogP contribution in [0.4, 0.5) is 9.59 Å². The minimum atomic E-state index is -3.68. The second-order valence-corrected chi connectivity index (χ2v) is 21.9. The lowest BCUT2D eigenvalue weighted by molar-refractivity contribution is -0.146. The number of benzene rings is 4. The Kier molecular flexibility index (Phi) is 27.4. The van der Waals surface area contributed by atoms with Crippen molar-refractivity contribution in [1.82, 2.24) is 9.80 Å². The number of rotatable bonds is 12. The molecular weight excluding hydrogens is 1090 g/mol. The van der Waals surface area contributed by atoms with Crippen LogP contribution in [0.5, 0.6) is 11.5 Å². The van der Waals surface area contributed by atoms with Gasteiger partial charge in [0, 0.05) is 57.6 Å². The predicted octanol–water partition coefficient (Wildman–Crippen LogP) is 9.30. The average molecular weight is 1170 g/mol. The van der Waals surface area contributed by atoms with Crippen molar-refractivity contribution in [3.63, 3.8) is 0 Å². The number of methoxy groups -OCH3 is 2. The number of likely N-dealkylation sites (tertiary alicyclic amines) is 2. The number of nitrogens with zero attached hydrogens (tertiary/aromatic N) is 4. The first-order chi connectivity index (χ1) is 39.7. The molecule has 4 aliphatic rings. The highest BCUT2D eigenvalue weighted by Crippen LogP contribution is 2.40. The third kappa shape index (κ3) is 20.4. The molecule has 2 amide bonds. The van der Waals surface area contributed by atoms with Gasteiger partial charge in [-0.15, -0.1) is 11.5 Å². The SMILES string of the molecule is C=C=C.C=C=C.C=CCOc1ccc2c(c1)C(=NO)c1ccccc1-2.C=CCOc1ccc2c(c1)C(=NO[C@@H]1C[C@@H](C(=O)OC)N(C(=O)OC(C)(C)C)C1)c1ccccc1-2.COC(=O)[C@@H]1C[C@H](OS(C)(=O)=O)CN1C(=O)OC(C)(C)C.[B][B][B]. The summed E-state index contributed by atoms with van der Waals surface area (Å²) < 4.78 is 58.6. The first kappa shape index (κ1) is 69.8. The summed E-state index contributed by atoms with van der Waals surface area (Å²) in [7, 11) is 8.81. The van der Waals surface area contributed by atoms with Gasteiger partial charge < -0.3 is 38.5 Å². The van der Waals surface area contributed by atoms with Gasteiger partial charge in [0.15, 0.2) is 0 Å². The fraction of sp³-hybridized carbons (Fsp3) is 0.344. The monoisotopic (exact) mass is 1170 g/mol. The van der Waals surface area contributed by atoms with E-state index in [0.29, 0.717) is 30.4 Å². The molecule has 0 unspecified atom stereocenters. The summed E-state index contributed by atoms with van der Waals surface area (Å²) in [5, 5.41) is 17.2. The lowest BCUT2D eigenvalue weighted by atomic mass is 9.40. The standard InChI is InChI=1S/C27H30N2O6.C16H13NO2.C12H21NO7S.2C3H4.B3/c1-6-13-33-17-11-12-20-19-9-7-8-10-21(19)24(22(20)14-17)28-35-18-15-23(25(30)32-5)29(16-18)26(31)34-27(2,3)4;1-2-9-19-11-7-8-13-12-5-3-4-6-14(12)16(17-18)15(13)10-11;1-12(2,3)19-11(15)13-7-8(20-21(5,16)17)6-9(13)10(14)18-4;3*1-3-2/h6-12,14,18,23H,1,13,15-16H2,2-5H3;2-8,10,18H,1,9H2;8-9H,6-7H2,1-5H3;2*1-2H2;/t18-,23+;;8-,9-;;;/m1.0.../s1. The zero-order valence-electron chi connectivity index (χ0n) is 49.1. The molecule has 2 aliphatic heterocycles. The van der Waals surface area contributed by atoms with Crippen molar-refractivity contribution in [1.29, 1.82) is 0 Å². The van der Waals surface area contributed by atoms with Gasteiger partial charge >= 0.3 is 24.1 Å². The molecule has 5 radical (unpaired) electrons.